The highest BCUT2D eigenvalue weighted by atomic mass is 16.4. The van der Waals surface area contributed by atoms with Crippen LogP contribution in [0.1, 0.15) is 12.0 Å². The lowest BCUT2D eigenvalue weighted by molar-refractivity contribution is -0.140. The van der Waals surface area contributed by atoms with E-state index in [0.29, 0.717) is 13.1 Å². The number of carboxylic acid groups (broad SMARTS) is 1. The lowest BCUT2D eigenvalue weighted by Gasteiger charge is -2.13. The third kappa shape index (κ3) is 5.85. The van der Waals surface area contributed by atoms with Gasteiger partial charge in [-0.1, -0.05) is 30.3 Å². The van der Waals surface area contributed by atoms with E-state index in [4.69, 9.17) is 16.2 Å². The van der Waals surface area contributed by atoms with Crippen molar-refractivity contribution >= 4 is 17.5 Å². The van der Waals surface area contributed by atoms with Gasteiger partial charge in [0.05, 0.1) is 12.3 Å². The fourth-order valence-corrected chi connectivity index (χ4v) is 1.94. The molecule has 6 heteroatoms. The average molecular weight is 291 g/mol. The minimum Gasteiger partial charge on any atom is -0.481 e. The lowest BCUT2D eigenvalue weighted by Crippen LogP contribution is -2.35. The van der Waals surface area contributed by atoms with Gasteiger partial charge in [0.25, 0.3) is 0 Å². The first-order chi connectivity index (χ1) is 10.1. The summed E-state index contributed by atoms with van der Waals surface area (Å²) in [6, 6.07) is 9.94. The van der Waals surface area contributed by atoms with Crippen LogP contribution in [0.15, 0.2) is 30.3 Å². The van der Waals surface area contributed by atoms with Crippen molar-refractivity contribution in [2.24, 2.45) is 11.7 Å². The highest BCUT2D eigenvalue weighted by Gasteiger charge is 2.26. The predicted molar refractivity (Wildman–Crippen MR) is 80.5 cm³/mol. The fraction of sp³-hybridized carbons (Fsp3) is 0.400. The first kappa shape index (κ1) is 17.0. The molecule has 0 radical (unpaired) electrons. The van der Waals surface area contributed by atoms with Gasteiger partial charge in [0.1, 0.15) is 5.92 Å². The van der Waals surface area contributed by atoms with Crippen molar-refractivity contribution < 1.29 is 14.7 Å². The van der Waals surface area contributed by atoms with Gasteiger partial charge in [0.2, 0.25) is 0 Å². The van der Waals surface area contributed by atoms with Crippen molar-refractivity contribution in [1.82, 2.24) is 5.32 Å². The standard InChI is InChI=1S/C15H21N3O3/c16-10-13(19)14(17)12(15(20)21)7-9-18-8-6-11-4-2-1-3-5-11/h1-5,12,17-18H,6-10,16H2,(H,20,21). The van der Waals surface area contributed by atoms with Gasteiger partial charge in [-0.05, 0) is 31.5 Å². The molecule has 1 unspecified atom stereocenters. The van der Waals surface area contributed by atoms with Crippen LogP contribution in [0.4, 0.5) is 0 Å². The Balaban J connectivity index is 2.33. The van der Waals surface area contributed by atoms with E-state index in [2.05, 4.69) is 5.32 Å². The molecular weight excluding hydrogens is 270 g/mol. The van der Waals surface area contributed by atoms with E-state index in [9.17, 15) is 9.59 Å². The summed E-state index contributed by atoms with van der Waals surface area (Å²) in [4.78, 5) is 22.4. The maximum atomic E-state index is 11.3. The van der Waals surface area contributed by atoms with Crippen molar-refractivity contribution in [2.75, 3.05) is 19.6 Å². The van der Waals surface area contributed by atoms with E-state index in [1.54, 1.807) is 0 Å². The summed E-state index contributed by atoms with van der Waals surface area (Å²) < 4.78 is 0. The number of Topliss-reactive ketones (excluding diaryl/α,β-unsaturated/α-hetero) is 1. The summed E-state index contributed by atoms with van der Waals surface area (Å²) in [7, 11) is 0. The number of hydrogen-bond donors (Lipinski definition) is 4. The first-order valence-electron chi connectivity index (χ1n) is 6.85. The molecule has 0 fully saturated rings. The van der Waals surface area contributed by atoms with Crippen molar-refractivity contribution in [3.8, 4) is 0 Å². The molecule has 21 heavy (non-hydrogen) atoms. The third-order valence-corrected chi connectivity index (χ3v) is 3.18. The molecule has 5 N–H and O–H groups in total. The molecule has 0 aromatic heterocycles. The van der Waals surface area contributed by atoms with Gasteiger partial charge in [-0.2, -0.15) is 0 Å². The van der Waals surface area contributed by atoms with E-state index in [0.717, 1.165) is 6.42 Å². The average Bonchev–Trinajstić information content (AvgIpc) is 2.50. The molecule has 6 nitrogen and oxygen atoms in total. The monoisotopic (exact) mass is 291 g/mol. The Hall–Kier alpha value is -2.05. The number of nitrogens with one attached hydrogen (secondary N) is 2. The number of benzene rings is 1. The van der Waals surface area contributed by atoms with Crippen LogP contribution in [0.5, 0.6) is 0 Å². The van der Waals surface area contributed by atoms with Crippen LogP contribution in [0.3, 0.4) is 0 Å². The Kier molecular flexibility index (Phi) is 7.28. The fourth-order valence-electron chi connectivity index (χ4n) is 1.94. The van der Waals surface area contributed by atoms with Crippen molar-refractivity contribution in [1.29, 1.82) is 5.41 Å². The number of carbonyl (C=O) groups is 2. The second-order valence-electron chi connectivity index (χ2n) is 4.71. The molecule has 1 aromatic rings. The van der Waals surface area contributed by atoms with Crippen LogP contribution >= 0.6 is 0 Å². The molecule has 0 aliphatic heterocycles. The maximum absolute atomic E-state index is 11.3. The van der Waals surface area contributed by atoms with Gasteiger partial charge >= 0.3 is 5.97 Å². The molecule has 0 saturated heterocycles. The minimum absolute atomic E-state index is 0.203. The molecule has 0 amide bonds. The Morgan fingerprint density at radius 3 is 2.48 bits per heavy atom. The molecule has 0 heterocycles. The summed E-state index contributed by atoms with van der Waals surface area (Å²) in [6.07, 6.45) is 1.05. The number of aliphatic carboxylic acids is 1. The van der Waals surface area contributed by atoms with Crippen LogP contribution in [0.25, 0.3) is 0 Å². The van der Waals surface area contributed by atoms with E-state index in [1.165, 1.54) is 5.56 Å². The normalized spacial score (nSPS) is 11.9. The van der Waals surface area contributed by atoms with Crippen molar-refractivity contribution in [3.05, 3.63) is 35.9 Å². The Labute approximate surface area is 123 Å². The van der Waals surface area contributed by atoms with Crippen LogP contribution < -0.4 is 11.1 Å². The Morgan fingerprint density at radius 1 is 1.24 bits per heavy atom. The number of carboxylic acids is 1. The number of hydrogen-bond acceptors (Lipinski definition) is 5. The predicted octanol–water partition coefficient (Wildman–Crippen LogP) is 0.457. The second-order valence-corrected chi connectivity index (χ2v) is 4.71. The zero-order chi connectivity index (χ0) is 15.7. The molecule has 1 rings (SSSR count). The zero-order valence-corrected chi connectivity index (χ0v) is 11.8. The SMILES string of the molecule is N=C(C(=O)CN)C(CCNCCc1ccccc1)C(=O)O. The van der Waals surface area contributed by atoms with Gasteiger partial charge in [0, 0.05) is 0 Å². The maximum Gasteiger partial charge on any atom is 0.312 e. The molecule has 1 aromatic carbocycles. The molecule has 1 atom stereocenters. The van der Waals surface area contributed by atoms with Crippen LogP contribution in [-0.2, 0) is 16.0 Å². The second kappa shape index (κ2) is 8.99. The quantitative estimate of drug-likeness (QED) is 0.369. The molecule has 0 saturated carbocycles. The topological polar surface area (TPSA) is 116 Å². The summed E-state index contributed by atoms with van der Waals surface area (Å²) in [5.41, 5.74) is 5.93. The minimum atomic E-state index is -1.16. The lowest BCUT2D eigenvalue weighted by atomic mass is 9.96. The van der Waals surface area contributed by atoms with E-state index < -0.39 is 23.4 Å². The van der Waals surface area contributed by atoms with Gasteiger partial charge in [-0.15, -0.1) is 0 Å². The van der Waals surface area contributed by atoms with Gasteiger partial charge in [-0.3, -0.25) is 9.59 Å². The smallest absolute Gasteiger partial charge is 0.312 e. The molecule has 114 valence electrons. The van der Waals surface area contributed by atoms with E-state index in [1.807, 2.05) is 30.3 Å². The van der Waals surface area contributed by atoms with Crippen LogP contribution in [0.2, 0.25) is 0 Å². The Bertz CT molecular complexity index is 488. The summed E-state index contributed by atoms with van der Waals surface area (Å²) in [5.74, 6) is -2.87. The molecule has 0 bridgehead atoms. The van der Waals surface area contributed by atoms with E-state index in [-0.39, 0.29) is 13.0 Å². The van der Waals surface area contributed by atoms with Crippen LogP contribution in [-0.4, -0.2) is 42.2 Å². The van der Waals surface area contributed by atoms with Crippen molar-refractivity contribution in [2.45, 2.75) is 12.8 Å². The van der Waals surface area contributed by atoms with E-state index >= 15 is 0 Å². The summed E-state index contributed by atoms with van der Waals surface area (Å²) >= 11 is 0. The third-order valence-electron chi connectivity index (χ3n) is 3.18. The molecule has 0 aliphatic rings. The number of ketones is 1. The molecule has 0 spiro atoms. The summed E-state index contributed by atoms with van der Waals surface area (Å²) in [6.45, 7) is 0.822. The number of rotatable bonds is 10. The molecular formula is C15H21N3O3. The first-order valence-corrected chi connectivity index (χ1v) is 6.85. The van der Waals surface area contributed by atoms with Gasteiger partial charge in [0.15, 0.2) is 5.78 Å². The van der Waals surface area contributed by atoms with Gasteiger partial charge in [-0.25, -0.2) is 0 Å². The summed E-state index contributed by atoms with van der Waals surface area (Å²) in [5, 5.41) is 19.7. The molecule has 0 aliphatic carbocycles. The zero-order valence-electron chi connectivity index (χ0n) is 11.8. The highest BCUT2D eigenvalue weighted by molar-refractivity contribution is 6.42. The van der Waals surface area contributed by atoms with Gasteiger partial charge < -0.3 is 21.6 Å². The largest absolute Gasteiger partial charge is 0.481 e. The Morgan fingerprint density at radius 2 is 1.90 bits per heavy atom. The van der Waals surface area contributed by atoms with Crippen molar-refractivity contribution in [3.63, 3.8) is 0 Å². The number of nitrogens with two attached hydrogens (primary N) is 1. The van der Waals surface area contributed by atoms with Crippen LogP contribution in [0, 0.1) is 11.3 Å². The number of carbonyl (C=O) groups excluding carboxylic acids is 1. The highest BCUT2D eigenvalue weighted by Crippen LogP contribution is 2.06.